The highest BCUT2D eigenvalue weighted by molar-refractivity contribution is 5.95. The highest BCUT2D eigenvalue weighted by Crippen LogP contribution is 2.21. The first-order valence-corrected chi connectivity index (χ1v) is 11.0. The summed E-state index contributed by atoms with van der Waals surface area (Å²) in [6, 6.07) is 11.4. The number of rotatable bonds is 8. The van der Waals surface area contributed by atoms with E-state index in [1.54, 1.807) is 4.90 Å². The summed E-state index contributed by atoms with van der Waals surface area (Å²) in [7, 11) is 0. The van der Waals surface area contributed by atoms with Crippen LogP contribution in [0.2, 0.25) is 0 Å². The van der Waals surface area contributed by atoms with Gasteiger partial charge in [0, 0.05) is 57.8 Å². The van der Waals surface area contributed by atoms with Gasteiger partial charge in [-0.25, -0.2) is 0 Å². The molecule has 0 unspecified atom stereocenters. The fraction of sp³-hybridized carbons (Fsp3) is 0.609. The largest absolute Gasteiger partial charge is 0.379 e. The molecule has 1 aromatic carbocycles. The molecule has 1 aromatic rings. The van der Waals surface area contributed by atoms with Crippen LogP contribution in [0.4, 0.5) is 5.69 Å². The molecule has 0 saturated carbocycles. The van der Waals surface area contributed by atoms with Crippen molar-refractivity contribution in [3.05, 3.63) is 30.3 Å². The highest BCUT2D eigenvalue weighted by atomic mass is 16.5. The number of para-hydroxylation sites is 1. The van der Waals surface area contributed by atoms with Crippen molar-refractivity contribution in [2.75, 3.05) is 57.4 Å². The fourth-order valence-electron chi connectivity index (χ4n) is 4.19. The van der Waals surface area contributed by atoms with Crippen molar-refractivity contribution in [2.24, 2.45) is 5.92 Å². The van der Waals surface area contributed by atoms with E-state index in [2.05, 4.69) is 11.0 Å². The van der Waals surface area contributed by atoms with Crippen molar-refractivity contribution in [1.82, 2.24) is 9.80 Å². The van der Waals surface area contributed by atoms with Crippen LogP contribution in [0.1, 0.15) is 32.1 Å². The zero-order valence-corrected chi connectivity index (χ0v) is 17.7. The van der Waals surface area contributed by atoms with E-state index in [4.69, 9.17) is 10.00 Å². The lowest BCUT2D eigenvalue weighted by molar-refractivity contribution is -0.134. The van der Waals surface area contributed by atoms with Gasteiger partial charge in [-0.2, -0.15) is 5.26 Å². The molecule has 0 bridgehead atoms. The third kappa shape index (κ3) is 6.54. The third-order valence-corrected chi connectivity index (χ3v) is 5.96. The molecule has 0 radical (unpaired) electrons. The first-order valence-electron chi connectivity index (χ1n) is 11.0. The van der Waals surface area contributed by atoms with E-state index in [0.717, 1.165) is 64.5 Å². The predicted molar refractivity (Wildman–Crippen MR) is 115 cm³/mol. The molecule has 2 fully saturated rings. The Balaban J connectivity index is 1.43. The maximum atomic E-state index is 12.7. The van der Waals surface area contributed by atoms with Gasteiger partial charge in [-0.05, 0) is 30.9 Å². The number of nitrogens with zero attached hydrogens (tertiary/aromatic N) is 4. The molecule has 162 valence electrons. The van der Waals surface area contributed by atoms with E-state index in [1.165, 1.54) is 0 Å². The molecule has 0 atom stereocenters. The minimum absolute atomic E-state index is 0.0569. The van der Waals surface area contributed by atoms with Gasteiger partial charge in [0.1, 0.15) is 0 Å². The molecule has 0 aromatic heterocycles. The van der Waals surface area contributed by atoms with Gasteiger partial charge < -0.3 is 14.5 Å². The zero-order valence-electron chi connectivity index (χ0n) is 17.7. The van der Waals surface area contributed by atoms with E-state index in [-0.39, 0.29) is 31.1 Å². The van der Waals surface area contributed by atoms with Crippen LogP contribution in [0.15, 0.2) is 30.3 Å². The number of hydrogen-bond acceptors (Lipinski definition) is 5. The average molecular weight is 413 g/mol. The Kier molecular flexibility index (Phi) is 8.66. The van der Waals surface area contributed by atoms with Crippen molar-refractivity contribution < 1.29 is 14.3 Å². The SMILES string of the molecule is N#CCCN(C(=O)CCC(=O)N1CCC(CN2CCOCC2)CC1)c1ccccc1. The molecule has 0 aliphatic carbocycles. The number of hydrogen-bond donors (Lipinski definition) is 0. The summed E-state index contributed by atoms with van der Waals surface area (Å²) in [6.07, 6.45) is 2.71. The Bertz CT molecular complexity index is 720. The molecular weight excluding hydrogens is 380 g/mol. The van der Waals surface area contributed by atoms with Crippen molar-refractivity contribution in [3.8, 4) is 6.07 Å². The maximum Gasteiger partial charge on any atom is 0.227 e. The van der Waals surface area contributed by atoms with Gasteiger partial charge in [-0.15, -0.1) is 0 Å². The first kappa shape index (κ1) is 22.3. The van der Waals surface area contributed by atoms with Gasteiger partial charge in [-0.3, -0.25) is 14.5 Å². The van der Waals surface area contributed by atoms with E-state index in [1.807, 2.05) is 35.2 Å². The molecule has 30 heavy (non-hydrogen) atoms. The van der Waals surface area contributed by atoms with Crippen LogP contribution < -0.4 is 4.90 Å². The minimum Gasteiger partial charge on any atom is -0.379 e. The van der Waals surface area contributed by atoms with Crippen LogP contribution in [-0.4, -0.2) is 74.1 Å². The molecular formula is C23H32N4O3. The predicted octanol–water partition coefficient (Wildman–Crippen LogP) is 2.28. The summed E-state index contributed by atoms with van der Waals surface area (Å²) in [4.78, 5) is 31.4. The number of nitriles is 1. The number of piperidine rings is 1. The minimum atomic E-state index is -0.105. The summed E-state index contributed by atoms with van der Waals surface area (Å²) in [5, 5.41) is 8.90. The van der Waals surface area contributed by atoms with Crippen LogP contribution in [0, 0.1) is 17.2 Å². The number of anilines is 1. The van der Waals surface area contributed by atoms with Gasteiger partial charge in [0.05, 0.1) is 25.7 Å². The number of carbonyl (C=O) groups excluding carboxylic acids is 2. The van der Waals surface area contributed by atoms with Crippen LogP contribution in [-0.2, 0) is 14.3 Å². The van der Waals surface area contributed by atoms with Crippen molar-refractivity contribution in [1.29, 1.82) is 5.26 Å². The molecule has 7 nitrogen and oxygen atoms in total. The molecule has 2 heterocycles. The first-order chi connectivity index (χ1) is 14.7. The quantitative estimate of drug-likeness (QED) is 0.655. The number of amides is 2. The maximum absolute atomic E-state index is 12.7. The third-order valence-electron chi connectivity index (χ3n) is 5.96. The fourth-order valence-corrected chi connectivity index (χ4v) is 4.19. The van der Waals surface area contributed by atoms with Crippen LogP contribution >= 0.6 is 0 Å². The Morgan fingerprint density at radius 2 is 1.77 bits per heavy atom. The Labute approximate surface area is 179 Å². The monoisotopic (exact) mass is 412 g/mol. The van der Waals surface area contributed by atoms with Gasteiger partial charge in [0.2, 0.25) is 11.8 Å². The lowest BCUT2D eigenvalue weighted by atomic mass is 9.95. The molecule has 2 aliphatic heterocycles. The van der Waals surface area contributed by atoms with Gasteiger partial charge in [0.25, 0.3) is 0 Å². The highest BCUT2D eigenvalue weighted by Gasteiger charge is 2.26. The van der Waals surface area contributed by atoms with E-state index in [9.17, 15) is 9.59 Å². The van der Waals surface area contributed by atoms with Crippen LogP contribution in [0.3, 0.4) is 0 Å². The molecule has 3 rings (SSSR count). The van der Waals surface area contributed by atoms with Crippen LogP contribution in [0.5, 0.6) is 0 Å². The molecule has 2 saturated heterocycles. The van der Waals surface area contributed by atoms with E-state index >= 15 is 0 Å². The topological polar surface area (TPSA) is 76.9 Å². The summed E-state index contributed by atoms with van der Waals surface area (Å²) in [5.74, 6) is 0.585. The number of ether oxygens (including phenoxy) is 1. The number of carbonyl (C=O) groups is 2. The molecule has 2 aliphatic rings. The summed E-state index contributed by atoms with van der Waals surface area (Å²) in [5.41, 5.74) is 0.772. The van der Waals surface area contributed by atoms with Gasteiger partial charge in [0.15, 0.2) is 0 Å². The van der Waals surface area contributed by atoms with E-state index < -0.39 is 0 Å². The number of benzene rings is 1. The lowest BCUT2D eigenvalue weighted by Crippen LogP contribution is -2.44. The number of morpholine rings is 1. The average Bonchev–Trinajstić information content (AvgIpc) is 2.79. The second kappa shape index (κ2) is 11.7. The molecule has 0 spiro atoms. The van der Waals surface area contributed by atoms with Gasteiger partial charge >= 0.3 is 0 Å². The Morgan fingerprint density at radius 3 is 2.43 bits per heavy atom. The summed E-state index contributed by atoms with van der Waals surface area (Å²) in [6.45, 7) is 6.64. The van der Waals surface area contributed by atoms with Crippen molar-refractivity contribution in [3.63, 3.8) is 0 Å². The smallest absolute Gasteiger partial charge is 0.227 e. The van der Waals surface area contributed by atoms with Crippen molar-refractivity contribution in [2.45, 2.75) is 32.1 Å². The summed E-state index contributed by atoms with van der Waals surface area (Å²) >= 11 is 0. The molecule has 0 N–H and O–H groups in total. The summed E-state index contributed by atoms with van der Waals surface area (Å²) < 4.78 is 5.41. The van der Waals surface area contributed by atoms with E-state index in [0.29, 0.717) is 12.5 Å². The second-order valence-corrected chi connectivity index (χ2v) is 8.03. The molecule has 7 heteroatoms. The van der Waals surface area contributed by atoms with Gasteiger partial charge in [-0.1, -0.05) is 18.2 Å². The lowest BCUT2D eigenvalue weighted by Gasteiger charge is -2.36. The number of likely N-dealkylation sites (tertiary alicyclic amines) is 1. The van der Waals surface area contributed by atoms with Crippen LogP contribution in [0.25, 0.3) is 0 Å². The molecule has 2 amide bonds. The second-order valence-electron chi connectivity index (χ2n) is 8.03. The normalized spacial score (nSPS) is 18.0. The standard InChI is InChI=1S/C23H32N4O3/c24-11-4-12-27(21-5-2-1-3-6-21)23(29)8-7-22(28)26-13-9-20(10-14-26)19-25-15-17-30-18-16-25/h1-3,5-6,20H,4,7-10,12-19H2. The van der Waals surface area contributed by atoms with Crippen molar-refractivity contribution >= 4 is 17.5 Å². The zero-order chi connectivity index (χ0) is 21.2. The Morgan fingerprint density at radius 1 is 1.07 bits per heavy atom. The Hall–Kier alpha value is -2.43.